The predicted octanol–water partition coefficient (Wildman–Crippen LogP) is 1.73. The van der Waals surface area contributed by atoms with Crippen molar-refractivity contribution in [2.75, 3.05) is 6.61 Å². The summed E-state index contributed by atoms with van der Waals surface area (Å²) in [5, 5.41) is 0. The first-order valence-corrected chi connectivity index (χ1v) is 5.39. The molecule has 0 aromatic rings. The van der Waals surface area contributed by atoms with Crippen molar-refractivity contribution in [2.24, 2.45) is 5.92 Å². The van der Waals surface area contributed by atoms with Crippen molar-refractivity contribution in [3.8, 4) is 0 Å². The monoisotopic (exact) mass is 216 g/mol. The molecule has 0 bridgehead atoms. The molecule has 0 aliphatic carbocycles. The molecule has 0 N–H and O–H groups in total. The highest BCUT2D eigenvalue weighted by Crippen LogP contribution is 2.32. The van der Waals surface area contributed by atoms with Gasteiger partial charge in [0, 0.05) is 0 Å². The molecule has 2 atom stereocenters. The van der Waals surface area contributed by atoms with Crippen molar-refractivity contribution >= 4 is 5.97 Å². The summed E-state index contributed by atoms with van der Waals surface area (Å²) in [7, 11) is 0. The van der Waals surface area contributed by atoms with Crippen LogP contribution in [0.4, 0.5) is 0 Å². The van der Waals surface area contributed by atoms with E-state index in [1.165, 1.54) is 0 Å². The third-order valence-electron chi connectivity index (χ3n) is 2.31. The fourth-order valence-corrected chi connectivity index (χ4v) is 1.68. The van der Waals surface area contributed by atoms with Crippen LogP contribution in [-0.4, -0.2) is 30.6 Å². The first-order valence-electron chi connectivity index (χ1n) is 5.39. The van der Waals surface area contributed by atoms with Gasteiger partial charge in [0.2, 0.25) is 0 Å². The van der Waals surface area contributed by atoms with Crippen molar-refractivity contribution in [3.05, 3.63) is 0 Å². The molecule has 1 aliphatic rings. The topological polar surface area (TPSA) is 44.8 Å². The SMILES string of the molecule is CCOC(=O)C1OC(C)(C)OC1C(C)C. The van der Waals surface area contributed by atoms with E-state index in [-0.39, 0.29) is 18.0 Å². The predicted molar refractivity (Wildman–Crippen MR) is 55.3 cm³/mol. The van der Waals surface area contributed by atoms with Crippen LogP contribution in [0.5, 0.6) is 0 Å². The van der Waals surface area contributed by atoms with Crippen LogP contribution >= 0.6 is 0 Å². The van der Waals surface area contributed by atoms with Crippen molar-refractivity contribution in [2.45, 2.75) is 52.6 Å². The van der Waals surface area contributed by atoms with Gasteiger partial charge in [0.1, 0.15) is 6.10 Å². The largest absolute Gasteiger partial charge is 0.464 e. The van der Waals surface area contributed by atoms with E-state index in [1.807, 2.05) is 27.7 Å². The van der Waals surface area contributed by atoms with Gasteiger partial charge < -0.3 is 14.2 Å². The number of ether oxygens (including phenoxy) is 3. The Morgan fingerprint density at radius 3 is 2.47 bits per heavy atom. The van der Waals surface area contributed by atoms with E-state index in [0.29, 0.717) is 6.61 Å². The number of carbonyl (C=O) groups is 1. The Hall–Kier alpha value is -0.610. The fraction of sp³-hybridized carbons (Fsp3) is 0.909. The van der Waals surface area contributed by atoms with Crippen molar-refractivity contribution in [1.29, 1.82) is 0 Å². The third kappa shape index (κ3) is 2.92. The fourth-order valence-electron chi connectivity index (χ4n) is 1.68. The molecule has 0 spiro atoms. The van der Waals surface area contributed by atoms with Crippen molar-refractivity contribution in [1.82, 2.24) is 0 Å². The molecule has 0 radical (unpaired) electrons. The van der Waals surface area contributed by atoms with Crippen LogP contribution in [0.2, 0.25) is 0 Å². The van der Waals surface area contributed by atoms with E-state index in [0.717, 1.165) is 0 Å². The Kier molecular flexibility index (Phi) is 3.73. The number of rotatable bonds is 3. The van der Waals surface area contributed by atoms with E-state index in [4.69, 9.17) is 14.2 Å². The normalized spacial score (nSPS) is 29.5. The molecule has 88 valence electrons. The second-order valence-electron chi connectivity index (χ2n) is 4.52. The van der Waals surface area contributed by atoms with Gasteiger partial charge in [-0.1, -0.05) is 13.8 Å². The molecule has 15 heavy (non-hydrogen) atoms. The highest BCUT2D eigenvalue weighted by Gasteiger charge is 2.47. The minimum atomic E-state index is -0.702. The molecule has 1 rings (SSSR count). The number of hydrogen-bond acceptors (Lipinski definition) is 4. The molecule has 0 aromatic heterocycles. The summed E-state index contributed by atoms with van der Waals surface area (Å²) in [5.74, 6) is -0.810. The van der Waals surface area contributed by atoms with Crippen LogP contribution in [-0.2, 0) is 19.0 Å². The summed E-state index contributed by atoms with van der Waals surface area (Å²) in [6.45, 7) is 9.76. The van der Waals surface area contributed by atoms with Crippen molar-refractivity contribution < 1.29 is 19.0 Å². The Balaban J connectivity index is 2.73. The molecule has 4 nitrogen and oxygen atoms in total. The van der Waals surface area contributed by atoms with Gasteiger partial charge >= 0.3 is 5.97 Å². The summed E-state index contributed by atoms with van der Waals surface area (Å²) in [6.07, 6.45) is -0.820. The minimum Gasteiger partial charge on any atom is -0.464 e. The summed E-state index contributed by atoms with van der Waals surface area (Å²) in [5.41, 5.74) is 0. The lowest BCUT2D eigenvalue weighted by atomic mass is 10.0. The lowest BCUT2D eigenvalue weighted by Gasteiger charge is -2.19. The lowest BCUT2D eigenvalue weighted by molar-refractivity contribution is -0.170. The average molecular weight is 216 g/mol. The Bertz CT molecular complexity index is 235. The second-order valence-corrected chi connectivity index (χ2v) is 4.52. The molecule has 0 amide bonds. The first kappa shape index (κ1) is 12.5. The molecular weight excluding hydrogens is 196 g/mol. The van der Waals surface area contributed by atoms with Crippen LogP contribution < -0.4 is 0 Å². The maximum atomic E-state index is 11.6. The molecule has 1 aliphatic heterocycles. The quantitative estimate of drug-likeness (QED) is 0.674. The Morgan fingerprint density at radius 1 is 1.40 bits per heavy atom. The van der Waals surface area contributed by atoms with Crippen LogP contribution in [0.1, 0.15) is 34.6 Å². The van der Waals surface area contributed by atoms with Gasteiger partial charge in [-0.2, -0.15) is 0 Å². The van der Waals surface area contributed by atoms with E-state index in [2.05, 4.69) is 0 Å². The first-order chi connectivity index (χ1) is 6.87. The van der Waals surface area contributed by atoms with Crippen LogP contribution in [0.25, 0.3) is 0 Å². The third-order valence-corrected chi connectivity index (χ3v) is 2.31. The molecular formula is C11H20O4. The van der Waals surface area contributed by atoms with Crippen LogP contribution in [0.15, 0.2) is 0 Å². The molecule has 1 fully saturated rings. The van der Waals surface area contributed by atoms with Gasteiger partial charge in [0.25, 0.3) is 0 Å². The molecule has 1 heterocycles. The molecule has 1 saturated heterocycles. The molecule has 0 saturated carbocycles. The van der Waals surface area contributed by atoms with Crippen LogP contribution in [0, 0.1) is 5.92 Å². The number of esters is 1. The Labute approximate surface area is 90.9 Å². The summed E-state index contributed by atoms with van der Waals surface area (Å²) in [6, 6.07) is 0. The van der Waals surface area contributed by atoms with E-state index in [9.17, 15) is 4.79 Å². The smallest absolute Gasteiger partial charge is 0.338 e. The van der Waals surface area contributed by atoms with Gasteiger partial charge in [0.15, 0.2) is 11.9 Å². The van der Waals surface area contributed by atoms with E-state index >= 15 is 0 Å². The standard InChI is InChI=1S/C11H20O4/c1-6-13-10(12)9-8(7(2)3)14-11(4,5)15-9/h7-9H,6H2,1-5H3. The number of hydrogen-bond donors (Lipinski definition) is 0. The average Bonchev–Trinajstić information content (AvgIpc) is 2.42. The lowest BCUT2D eigenvalue weighted by Crippen LogP contribution is -2.36. The van der Waals surface area contributed by atoms with Gasteiger partial charge in [0.05, 0.1) is 6.61 Å². The maximum Gasteiger partial charge on any atom is 0.338 e. The van der Waals surface area contributed by atoms with Gasteiger partial charge in [-0.3, -0.25) is 0 Å². The van der Waals surface area contributed by atoms with Gasteiger partial charge in [-0.15, -0.1) is 0 Å². The number of carbonyl (C=O) groups excluding carboxylic acids is 1. The maximum absolute atomic E-state index is 11.6. The zero-order chi connectivity index (χ0) is 11.6. The van der Waals surface area contributed by atoms with Gasteiger partial charge in [-0.25, -0.2) is 4.79 Å². The minimum absolute atomic E-state index is 0.223. The summed E-state index contributed by atoms with van der Waals surface area (Å²) in [4.78, 5) is 11.6. The molecule has 2 unspecified atom stereocenters. The second kappa shape index (κ2) is 4.49. The molecule has 4 heteroatoms. The highest BCUT2D eigenvalue weighted by atomic mass is 16.8. The Morgan fingerprint density at radius 2 is 2.00 bits per heavy atom. The van der Waals surface area contributed by atoms with Gasteiger partial charge in [-0.05, 0) is 26.7 Å². The van der Waals surface area contributed by atoms with Crippen LogP contribution in [0.3, 0.4) is 0 Å². The highest BCUT2D eigenvalue weighted by molar-refractivity contribution is 5.75. The van der Waals surface area contributed by atoms with E-state index in [1.54, 1.807) is 6.92 Å². The zero-order valence-corrected chi connectivity index (χ0v) is 10.1. The summed E-state index contributed by atoms with van der Waals surface area (Å²) < 4.78 is 16.2. The summed E-state index contributed by atoms with van der Waals surface area (Å²) >= 11 is 0. The van der Waals surface area contributed by atoms with E-state index < -0.39 is 11.9 Å². The molecule has 0 aromatic carbocycles. The van der Waals surface area contributed by atoms with Crippen molar-refractivity contribution in [3.63, 3.8) is 0 Å². The zero-order valence-electron chi connectivity index (χ0n) is 10.1.